The van der Waals surface area contributed by atoms with E-state index in [0.717, 1.165) is 50.0 Å². The molecule has 4 heterocycles. The molecular formula is C23H30N6O2. The largest absolute Gasteiger partial charge is 0.339 e. The van der Waals surface area contributed by atoms with Crippen LogP contribution in [0.3, 0.4) is 0 Å². The van der Waals surface area contributed by atoms with Gasteiger partial charge in [0.05, 0.1) is 23.1 Å². The summed E-state index contributed by atoms with van der Waals surface area (Å²) < 4.78 is 0. The Labute approximate surface area is 183 Å². The molecular weight excluding hydrogens is 392 g/mol. The van der Waals surface area contributed by atoms with E-state index in [4.69, 9.17) is 0 Å². The number of hydrogen-bond donors (Lipinski definition) is 0. The molecule has 8 heteroatoms. The van der Waals surface area contributed by atoms with Crippen molar-refractivity contribution in [3.8, 4) is 0 Å². The Balaban J connectivity index is 1.42. The number of carbonyl (C=O) groups excluding carboxylic acids is 2. The Hall–Kier alpha value is -2.90. The first-order chi connectivity index (χ1) is 14.9. The van der Waals surface area contributed by atoms with Crippen LogP contribution >= 0.6 is 0 Å². The van der Waals surface area contributed by atoms with Crippen LogP contribution < -0.4 is 0 Å². The second-order valence-corrected chi connectivity index (χ2v) is 8.65. The molecule has 0 N–H and O–H groups in total. The van der Waals surface area contributed by atoms with Crippen molar-refractivity contribution in [2.24, 2.45) is 5.92 Å². The monoisotopic (exact) mass is 422 g/mol. The molecule has 8 nitrogen and oxygen atoms in total. The molecule has 4 rings (SSSR count). The van der Waals surface area contributed by atoms with Gasteiger partial charge in [0.1, 0.15) is 11.5 Å². The van der Waals surface area contributed by atoms with Crippen molar-refractivity contribution in [3.63, 3.8) is 0 Å². The zero-order valence-electron chi connectivity index (χ0n) is 18.5. The van der Waals surface area contributed by atoms with Gasteiger partial charge in [-0.25, -0.2) is 15.0 Å². The third kappa shape index (κ3) is 4.57. The average molecular weight is 423 g/mol. The molecule has 2 aliphatic heterocycles. The highest BCUT2D eigenvalue weighted by Crippen LogP contribution is 2.32. The molecule has 2 aliphatic rings. The topological polar surface area (TPSA) is 92.2 Å². The highest BCUT2D eigenvalue weighted by atomic mass is 16.2. The van der Waals surface area contributed by atoms with Crippen LogP contribution in [0.2, 0.25) is 0 Å². The number of amides is 2. The summed E-state index contributed by atoms with van der Waals surface area (Å²) in [4.78, 5) is 47.1. The van der Waals surface area contributed by atoms with E-state index in [1.165, 1.54) is 0 Å². The van der Waals surface area contributed by atoms with E-state index in [2.05, 4.69) is 19.9 Å². The molecule has 2 saturated heterocycles. The summed E-state index contributed by atoms with van der Waals surface area (Å²) in [6.45, 7) is 7.70. The third-order valence-electron chi connectivity index (χ3n) is 6.51. The van der Waals surface area contributed by atoms with Gasteiger partial charge in [-0.1, -0.05) is 0 Å². The van der Waals surface area contributed by atoms with Crippen molar-refractivity contribution in [2.45, 2.75) is 58.9 Å². The number of hydrogen-bond acceptors (Lipinski definition) is 6. The van der Waals surface area contributed by atoms with Crippen LogP contribution in [0.15, 0.2) is 18.6 Å². The first kappa shape index (κ1) is 21.3. The zero-order chi connectivity index (χ0) is 22.0. The van der Waals surface area contributed by atoms with Gasteiger partial charge in [-0.05, 0) is 58.8 Å². The van der Waals surface area contributed by atoms with Crippen LogP contribution in [-0.2, 0) is 0 Å². The van der Waals surface area contributed by atoms with Crippen LogP contribution in [0.4, 0.5) is 0 Å². The van der Waals surface area contributed by atoms with E-state index in [-0.39, 0.29) is 17.9 Å². The lowest BCUT2D eigenvalue weighted by atomic mass is 9.83. The first-order valence-electron chi connectivity index (χ1n) is 11.1. The van der Waals surface area contributed by atoms with Crippen LogP contribution in [0.5, 0.6) is 0 Å². The van der Waals surface area contributed by atoms with Crippen LogP contribution in [0.25, 0.3) is 0 Å². The number of carbonyl (C=O) groups is 2. The summed E-state index contributed by atoms with van der Waals surface area (Å²) >= 11 is 0. The molecule has 2 fully saturated rings. The van der Waals surface area contributed by atoms with Crippen LogP contribution in [0.1, 0.15) is 70.2 Å². The summed E-state index contributed by atoms with van der Waals surface area (Å²) in [5, 5.41) is 0. The maximum Gasteiger partial charge on any atom is 0.274 e. The van der Waals surface area contributed by atoms with Gasteiger partial charge in [-0.2, -0.15) is 0 Å². The predicted molar refractivity (Wildman–Crippen MR) is 116 cm³/mol. The van der Waals surface area contributed by atoms with E-state index >= 15 is 0 Å². The minimum absolute atomic E-state index is 0.00227. The van der Waals surface area contributed by atoms with Crippen molar-refractivity contribution in [3.05, 3.63) is 47.1 Å². The molecule has 0 bridgehead atoms. The van der Waals surface area contributed by atoms with E-state index in [0.29, 0.717) is 36.1 Å². The lowest BCUT2D eigenvalue weighted by Gasteiger charge is -2.43. The number of likely N-dealkylation sites (tertiary alicyclic amines) is 2. The number of piperidine rings is 2. The van der Waals surface area contributed by atoms with E-state index in [1.54, 1.807) is 18.6 Å². The standard InChI is InChI=1S/C23H30N6O2/c1-15-12-26-20(14-24-15)23(31)29-9-5-4-6-21(29)18-7-10-28(11-8-18)22(30)19-13-25-17(3)27-16(19)2/h12-14,18,21H,4-11H2,1-3H3/t21-/m0/s1. The molecule has 0 aromatic carbocycles. The fourth-order valence-corrected chi connectivity index (χ4v) is 4.80. The molecule has 31 heavy (non-hydrogen) atoms. The quantitative estimate of drug-likeness (QED) is 0.755. The second-order valence-electron chi connectivity index (χ2n) is 8.65. The maximum absolute atomic E-state index is 13.1. The van der Waals surface area contributed by atoms with Gasteiger partial charge in [-0.15, -0.1) is 0 Å². The Kier molecular flexibility index (Phi) is 6.25. The highest BCUT2D eigenvalue weighted by molar-refractivity contribution is 5.95. The Morgan fingerprint density at radius 1 is 0.871 bits per heavy atom. The van der Waals surface area contributed by atoms with Gasteiger partial charge in [0, 0.05) is 38.1 Å². The Bertz CT molecular complexity index is 953. The van der Waals surface area contributed by atoms with Gasteiger partial charge in [-0.3, -0.25) is 14.6 Å². The fourth-order valence-electron chi connectivity index (χ4n) is 4.80. The summed E-state index contributed by atoms with van der Waals surface area (Å²) in [5.41, 5.74) is 2.53. The number of aromatic nitrogens is 4. The predicted octanol–water partition coefficient (Wildman–Crippen LogP) is 2.74. The molecule has 0 aliphatic carbocycles. The fraction of sp³-hybridized carbons (Fsp3) is 0.565. The van der Waals surface area contributed by atoms with Crippen molar-refractivity contribution >= 4 is 11.8 Å². The summed E-state index contributed by atoms with van der Waals surface area (Å²) in [6, 6.07) is 0.200. The average Bonchev–Trinajstić information content (AvgIpc) is 2.79. The minimum Gasteiger partial charge on any atom is -0.339 e. The van der Waals surface area contributed by atoms with E-state index in [9.17, 15) is 9.59 Å². The molecule has 0 unspecified atom stereocenters. The van der Waals surface area contributed by atoms with Crippen LogP contribution in [0, 0.1) is 26.7 Å². The lowest BCUT2D eigenvalue weighted by molar-refractivity contribution is 0.0369. The smallest absolute Gasteiger partial charge is 0.274 e. The zero-order valence-corrected chi connectivity index (χ0v) is 18.5. The van der Waals surface area contributed by atoms with Crippen molar-refractivity contribution in [1.29, 1.82) is 0 Å². The van der Waals surface area contributed by atoms with Crippen molar-refractivity contribution in [1.82, 2.24) is 29.7 Å². The van der Waals surface area contributed by atoms with Crippen LogP contribution in [-0.4, -0.2) is 67.2 Å². The molecule has 0 saturated carbocycles. The van der Waals surface area contributed by atoms with Gasteiger partial charge in [0.25, 0.3) is 11.8 Å². The van der Waals surface area contributed by atoms with Crippen molar-refractivity contribution < 1.29 is 9.59 Å². The molecule has 0 radical (unpaired) electrons. The SMILES string of the molecule is Cc1cnc(C(=O)N2CCCC[C@H]2C2CCN(C(=O)c3cnc(C)nc3C)CC2)cn1. The Morgan fingerprint density at radius 3 is 2.32 bits per heavy atom. The first-order valence-corrected chi connectivity index (χ1v) is 11.1. The normalized spacial score (nSPS) is 20.0. The van der Waals surface area contributed by atoms with Gasteiger partial charge in [0.2, 0.25) is 0 Å². The molecule has 0 spiro atoms. The number of aryl methyl sites for hydroxylation is 3. The number of nitrogens with zero attached hydrogens (tertiary/aromatic N) is 6. The summed E-state index contributed by atoms with van der Waals surface area (Å²) in [5.74, 6) is 1.04. The molecule has 164 valence electrons. The third-order valence-corrected chi connectivity index (χ3v) is 6.51. The summed E-state index contributed by atoms with van der Waals surface area (Å²) in [7, 11) is 0. The highest BCUT2D eigenvalue weighted by Gasteiger charge is 2.36. The van der Waals surface area contributed by atoms with E-state index < -0.39 is 0 Å². The second kappa shape index (κ2) is 9.08. The van der Waals surface area contributed by atoms with E-state index in [1.807, 2.05) is 30.6 Å². The van der Waals surface area contributed by atoms with Gasteiger partial charge >= 0.3 is 0 Å². The van der Waals surface area contributed by atoms with Gasteiger partial charge < -0.3 is 9.80 Å². The minimum atomic E-state index is -0.0249. The molecule has 2 aromatic rings. The molecule has 2 aromatic heterocycles. The maximum atomic E-state index is 13.1. The number of rotatable bonds is 3. The van der Waals surface area contributed by atoms with Crippen molar-refractivity contribution in [2.75, 3.05) is 19.6 Å². The van der Waals surface area contributed by atoms with Gasteiger partial charge in [0.15, 0.2) is 0 Å². The Morgan fingerprint density at radius 2 is 1.65 bits per heavy atom. The summed E-state index contributed by atoms with van der Waals surface area (Å²) in [6.07, 6.45) is 9.81. The molecule has 2 amide bonds. The molecule has 1 atom stereocenters. The lowest BCUT2D eigenvalue weighted by Crippen LogP contribution is -2.51.